The maximum absolute atomic E-state index is 14.1. The Kier molecular flexibility index (Phi) is 6.71. The van der Waals surface area contributed by atoms with E-state index in [1.165, 1.54) is 16.9 Å². The third-order valence-electron chi connectivity index (χ3n) is 4.71. The van der Waals surface area contributed by atoms with Gasteiger partial charge in [0.2, 0.25) is 10.0 Å². The Morgan fingerprint density at radius 2 is 1.59 bits per heavy atom. The van der Waals surface area contributed by atoms with E-state index in [1.54, 1.807) is 10.8 Å². The molecule has 5 nitrogen and oxygen atoms in total. The van der Waals surface area contributed by atoms with Crippen LogP contribution in [-0.2, 0) is 22.0 Å². The summed E-state index contributed by atoms with van der Waals surface area (Å²) >= 11 is 1.32. The van der Waals surface area contributed by atoms with Crippen LogP contribution in [0.4, 0.5) is 14.5 Å². The normalized spacial score (nSPS) is 11.9. The molecule has 3 aromatic rings. The number of nitrogens with one attached hydrogen (secondary N) is 2. The lowest BCUT2D eigenvalue weighted by atomic mass is 9.86. The van der Waals surface area contributed by atoms with Gasteiger partial charge in [-0.05, 0) is 46.4 Å². The fraction of sp³-hybridized carbons (Fsp3) is 0.261. The first kappa shape index (κ1) is 23.9. The highest BCUT2D eigenvalue weighted by molar-refractivity contribution is 7.92. The SMILES string of the molecule is CC(C)(C)c1ccc(-c2ccc(C(=O)NCc3cc(F)c(NS(C)(=O)=O)c(F)c3)s2)cc1. The van der Waals surface area contributed by atoms with Gasteiger partial charge in [0.1, 0.15) is 5.69 Å². The van der Waals surface area contributed by atoms with Crippen molar-refractivity contribution >= 4 is 33.0 Å². The molecule has 0 saturated heterocycles. The van der Waals surface area contributed by atoms with Gasteiger partial charge in [0.15, 0.2) is 11.6 Å². The molecule has 1 amide bonds. The molecule has 0 aliphatic heterocycles. The Morgan fingerprint density at radius 1 is 1.00 bits per heavy atom. The number of sulfonamides is 1. The van der Waals surface area contributed by atoms with Crippen LogP contribution < -0.4 is 10.0 Å². The fourth-order valence-corrected chi connectivity index (χ4v) is 4.52. The minimum atomic E-state index is -3.83. The molecule has 1 heterocycles. The predicted molar refractivity (Wildman–Crippen MR) is 124 cm³/mol. The molecular weight excluding hydrogens is 454 g/mol. The number of hydrogen-bond acceptors (Lipinski definition) is 4. The predicted octanol–water partition coefficient (Wildman–Crippen LogP) is 5.29. The number of anilines is 1. The molecule has 170 valence electrons. The van der Waals surface area contributed by atoms with Crippen molar-refractivity contribution in [1.29, 1.82) is 0 Å². The quantitative estimate of drug-likeness (QED) is 0.505. The molecule has 0 atom stereocenters. The number of hydrogen-bond donors (Lipinski definition) is 2. The van der Waals surface area contributed by atoms with Crippen molar-refractivity contribution in [1.82, 2.24) is 5.32 Å². The van der Waals surface area contributed by atoms with Crippen molar-refractivity contribution in [3.8, 4) is 10.4 Å². The van der Waals surface area contributed by atoms with Crippen LogP contribution in [-0.4, -0.2) is 20.6 Å². The van der Waals surface area contributed by atoms with Gasteiger partial charge < -0.3 is 5.32 Å². The average molecular weight is 479 g/mol. The van der Waals surface area contributed by atoms with Gasteiger partial charge in [0, 0.05) is 11.4 Å². The van der Waals surface area contributed by atoms with Crippen LogP contribution in [0.25, 0.3) is 10.4 Å². The standard InChI is InChI=1S/C23H24F2N2O3S2/c1-23(2,3)16-7-5-15(6-8-16)19-9-10-20(31-19)22(28)26-13-14-11-17(24)21(18(25)12-14)27-32(4,29)30/h5-12,27H,13H2,1-4H3,(H,26,28). The second kappa shape index (κ2) is 8.99. The maximum atomic E-state index is 14.1. The van der Waals surface area contributed by atoms with Gasteiger partial charge in [-0.3, -0.25) is 9.52 Å². The third kappa shape index (κ3) is 5.92. The average Bonchev–Trinajstić information content (AvgIpc) is 3.18. The lowest BCUT2D eigenvalue weighted by molar-refractivity contribution is 0.0955. The molecule has 0 aliphatic carbocycles. The maximum Gasteiger partial charge on any atom is 0.261 e. The lowest BCUT2D eigenvalue weighted by Gasteiger charge is -2.18. The van der Waals surface area contributed by atoms with Gasteiger partial charge in [-0.1, -0.05) is 45.0 Å². The van der Waals surface area contributed by atoms with Crippen LogP contribution in [0.1, 0.15) is 41.6 Å². The van der Waals surface area contributed by atoms with Crippen LogP contribution in [0.5, 0.6) is 0 Å². The summed E-state index contributed by atoms with van der Waals surface area (Å²) in [6, 6.07) is 13.7. The molecular formula is C23H24F2N2O3S2. The van der Waals surface area contributed by atoms with Gasteiger partial charge in [-0.2, -0.15) is 0 Å². The summed E-state index contributed by atoms with van der Waals surface area (Å²) in [7, 11) is -3.83. The van der Waals surface area contributed by atoms with E-state index in [-0.39, 0.29) is 23.4 Å². The summed E-state index contributed by atoms with van der Waals surface area (Å²) < 4.78 is 52.5. The third-order valence-corrected chi connectivity index (χ3v) is 6.42. The number of thiophene rings is 1. The van der Waals surface area contributed by atoms with Crippen LogP contribution in [0.15, 0.2) is 48.5 Å². The zero-order valence-electron chi connectivity index (χ0n) is 18.1. The molecule has 9 heteroatoms. The van der Waals surface area contributed by atoms with Gasteiger partial charge in [-0.25, -0.2) is 17.2 Å². The highest BCUT2D eigenvalue weighted by Crippen LogP contribution is 2.31. The Labute approximate surface area is 190 Å². The van der Waals surface area contributed by atoms with Crippen molar-refractivity contribution in [2.24, 2.45) is 0 Å². The second-order valence-corrected chi connectivity index (χ2v) is 11.3. The molecule has 0 bridgehead atoms. The smallest absolute Gasteiger partial charge is 0.261 e. The molecule has 0 unspecified atom stereocenters. The first-order valence-corrected chi connectivity index (χ1v) is 12.5. The van der Waals surface area contributed by atoms with Gasteiger partial charge in [-0.15, -0.1) is 11.3 Å². The Morgan fingerprint density at radius 3 is 2.12 bits per heavy atom. The molecule has 2 aromatic carbocycles. The zero-order chi connectivity index (χ0) is 23.7. The second-order valence-electron chi connectivity index (χ2n) is 8.48. The van der Waals surface area contributed by atoms with E-state index < -0.39 is 27.3 Å². The summed E-state index contributed by atoms with van der Waals surface area (Å²) in [5.41, 5.74) is 1.69. The number of amides is 1. The molecule has 0 saturated carbocycles. The summed E-state index contributed by atoms with van der Waals surface area (Å²) in [6.07, 6.45) is 0.800. The van der Waals surface area contributed by atoms with Crippen molar-refractivity contribution in [3.63, 3.8) is 0 Å². The Bertz CT molecular complexity index is 1220. The van der Waals surface area contributed by atoms with E-state index in [4.69, 9.17) is 0 Å². The summed E-state index contributed by atoms with van der Waals surface area (Å²) in [5.74, 6) is -2.49. The van der Waals surface area contributed by atoms with E-state index >= 15 is 0 Å². The van der Waals surface area contributed by atoms with Crippen LogP contribution in [0.2, 0.25) is 0 Å². The summed E-state index contributed by atoms with van der Waals surface area (Å²) in [4.78, 5) is 13.9. The van der Waals surface area contributed by atoms with Crippen molar-refractivity contribution in [3.05, 3.63) is 76.2 Å². The van der Waals surface area contributed by atoms with Gasteiger partial charge >= 0.3 is 0 Å². The number of rotatable bonds is 6. The molecule has 1 aromatic heterocycles. The number of halogens is 2. The highest BCUT2D eigenvalue weighted by atomic mass is 32.2. The van der Waals surface area contributed by atoms with E-state index in [0.717, 1.165) is 28.8 Å². The zero-order valence-corrected chi connectivity index (χ0v) is 19.8. The number of benzene rings is 2. The first-order chi connectivity index (χ1) is 14.8. The highest BCUT2D eigenvalue weighted by Gasteiger charge is 2.17. The van der Waals surface area contributed by atoms with Crippen LogP contribution in [0.3, 0.4) is 0 Å². The number of carbonyl (C=O) groups excluding carboxylic acids is 1. The van der Waals surface area contributed by atoms with Crippen molar-refractivity contribution in [2.45, 2.75) is 32.7 Å². The minimum absolute atomic E-state index is 0.0526. The van der Waals surface area contributed by atoms with Crippen molar-refractivity contribution < 1.29 is 22.0 Å². The largest absolute Gasteiger partial charge is 0.347 e. The molecule has 2 N–H and O–H groups in total. The molecule has 0 aliphatic rings. The van der Waals surface area contributed by atoms with E-state index in [1.807, 2.05) is 18.2 Å². The van der Waals surface area contributed by atoms with Crippen molar-refractivity contribution in [2.75, 3.05) is 11.0 Å². The first-order valence-electron chi connectivity index (χ1n) is 9.78. The molecule has 0 radical (unpaired) electrons. The molecule has 3 rings (SSSR count). The summed E-state index contributed by atoms with van der Waals surface area (Å²) in [6.45, 7) is 6.31. The van der Waals surface area contributed by atoms with E-state index in [2.05, 4.69) is 38.2 Å². The van der Waals surface area contributed by atoms with Gasteiger partial charge in [0.05, 0.1) is 11.1 Å². The van der Waals surface area contributed by atoms with E-state index in [9.17, 15) is 22.0 Å². The lowest BCUT2D eigenvalue weighted by Crippen LogP contribution is -2.22. The van der Waals surface area contributed by atoms with E-state index in [0.29, 0.717) is 4.88 Å². The number of carbonyl (C=O) groups is 1. The van der Waals surface area contributed by atoms with Crippen LogP contribution in [0, 0.1) is 11.6 Å². The van der Waals surface area contributed by atoms with Gasteiger partial charge in [0.25, 0.3) is 5.91 Å². The molecule has 0 spiro atoms. The summed E-state index contributed by atoms with van der Waals surface area (Å²) in [5, 5.41) is 2.63. The topological polar surface area (TPSA) is 75.3 Å². The van der Waals surface area contributed by atoms with Crippen LogP contribution >= 0.6 is 11.3 Å². The minimum Gasteiger partial charge on any atom is -0.347 e. The fourth-order valence-electron chi connectivity index (χ4n) is 3.03. The Balaban J connectivity index is 1.68. The Hall–Kier alpha value is -2.78. The molecule has 32 heavy (non-hydrogen) atoms. The monoisotopic (exact) mass is 478 g/mol. The molecule has 0 fully saturated rings.